The zero-order valence-electron chi connectivity index (χ0n) is 13.2. The van der Waals surface area contributed by atoms with Crippen molar-refractivity contribution in [1.82, 2.24) is 0 Å². The standard InChI is InChI=1S/C17H27BrO2/c1-7-17(6,20-13(3)19)11-10-14-12(2)8-9-15(18)16(14,4)5/h7,14-15H,1-2,8-11H2,3-6H3/t14-,15-,17+/m1/s1. The minimum absolute atomic E-state index is 0.174. The van der Waals surface area contributed by atoms with E-state index in [2.05, 4.69) is 42.9 Å². The van der Waals surface area contributed by atoms with Crippen molar-refractivity contribution in [2.24, 2.45) is 11.3 Å². The van der Waals surface area contributed by atoms with E-state index in [4.69, 9.17) is 4.74 Å². The fourth-order valence-electron chi connectivity index (χ4n) is 3.13. The van der Waals surface area contributed by atoms with Gasteiger partial charge in [-0.2, -0.15) is 0 Å². The summed E-state index contributed by atoms with van der Waals surface area (Å²) in [4.78, 5) is 11.7. The number of hydrogen-bond acceptors (Lipinski definition) is 2. The number of alkyl halides is 1. The van der Waals surface area contributed by atoms with Crippen molar-refractivity contribution < 1.29 is 9.53 Å². The highest BCUT2D eigenvalue weighted by Gasteiger charge is 2.41. The van der Waals surface area contributed by atoms with E-state index in [0.29, 0.717) is 10.7 Å². The molecule has 3 heteroatoms. The molecule has 0 aliphatic heterocycles. The molecule has 0 unspecified atom stereocenters. The number of rotatable bonds is 5. The second-order valence-electron chi connectivity index (χ2n) is 6.69. The van der Waals surface area contributed by atoms with E-state index in [-0.39, 0.29) is 11.4 Å². The first-order chi connectivity index (χ1) is 9.12. The molecule has 0 radical (unpaired) electrons. The van der Waals surface area contributed by atoms with Crippen LogP contribution in [0.4, 0.5) is 0 Å². The summed E-state index contributed by atoms with van der Waals surface area (Å²) in [5.41, 5.74) is 0.912. The van der Waals surface area contributed by atoms with E-state index >= 15 is 0 Å². The second kappa shape index (κ2) is 6.46. The lowest BCUT2D eigenvalue weighted by molar-refractivity contribution is -0.151. The van der Waals surface area contributed by atoms with E-state index < -0.39 is 5.60 Å². The number of ether oxygens (including phenoxy) is 1. The van der Waals surface area contributed by atoms with Crippen molar-refractivity contribution in [3.63, 3.8) is 0 Å². The van der Waals surface area contributed by atoms with Crippen molar-refractivity contribution in [2.45, 2.75) is 63.8 Å². The Morgan fingerprint density at radius 3 is 2.70 bits per heavy atom. The minimum atomic E-state index is -0.582. The first-order valence-corrected chi connectivity index (χ1v) is 8.19. The summed E-state index contributed by atoms with van der Waals surface area (Å²) in [6, 6.07) is 0. The molecule has 0 bridgehead atoms. The van der Waals surface area contributed by atoms with Crippen LogP contribution in [0.1, 0.15) is 53.4 Å². The topological polar surface area (TPSA) is 26.3 Å². The summed E-state index contributed by atoms with van der Waals surface area (Å²) in [6.45, 7) is 16.0. The van der Waals surface area contributed by atoms with Gasteiger partial charge in [0.25, 0.3) is 0 Å². The lowest BCUT2D eigenvalue weighted by Crippen LogP contribution is -2.39. The third kappa shape index (κ3) is 3.97. The van der Waals surface area contributed by atoms with Crippen molar-refractivity contribution in [2.75, 3.05) is 0 Å². The third-order valence-electron chi connectivity index (χ3n) is 4.66. The molecule has 114 valence electrons. The summed E-state index contributed by atoms with van der Waals surface area (Å²) in [5.74, 6) is 0.183. The SMILES string of the molecule is C=C[C@@](C)(CC[C@@H]1C(=C)CC[C@@H](Br)C1(C)C)OC(C)=O. The lowest BCUT2D eigenvalue weighted by atomic mass is 9.64. The Morgan fingerprint density at radius 1 is 1.60 bits per heavy atom. The minimum Gasteiger partial charge on any atom is -0.455 e. The van der Waals surface area contributed by atoms with Gasteiger partial charge in [0.2, 0.25) is 0 Å². The van der Waals surface area contributed by atoms with Crippen LogP contribution >= 0.6 is 15.9 Å². The summed E-state index contributed by atoms with van der Waals surface area (Å²) < 4.78 is 5.41. The van der Waals surface area contributed by atoms with Crippen molar-refractivity contribution in [3.05, 3.63) is 24.8 Å². The van der Waals surface area contributed by atoms with Gasteiger partial charge in [0.05, 0.1) is 0 Å². The Bertz CT molecular complexity index is 400. The number of allylic oxidation sites excluding steroid dienone is 1. The number of esters is 1. The smallest absolute Gasteiger partial charge is 0.303 e. The molecular weight excluding hydrogens is 316 g/mol. The Labute approximate surface area is 131 Å². The normalized spacial score (nSPS) is 28.6. The molecule has 0 heterocycles. The molecule has 0 N–H and O–H groups in total. The molecule has 0 aromatic rings. The highest BCUT2D eigenvalue weighted by Crippen LogP contribution is 2.49. The predicted octanol–water partition coefficient (Wildman–Crippen LogP) is 5.03. The summed E-state index contributed by atoms with van der Waals surface area (Å²) in [7, 11) is 0. The maximum Gasteiger partial charge on any atom is 0.303 e. The summed E-state index contributed by atoms with van der Waals surface area (Å²) >= 11 is 3.81. The summed E-state index contributed by atoms with van der Waals surface area (Å²) in [6.07, 6.45) is 5.69. The van der Waals surface area contributed by atoms with Gasteiger partial charge in [-0.3, -0.25) is 4.79 Å². The monoisotopic (exact) mass is 342 g/mol. The summed E-state index contributed by atoms with van der Waals surface area (Å²) in [5, 5.41) is 0. The van der Waals surface area contributed by atoms with Crippen molar-refractivity contribution in [1.29, 1.82) is 0 Å². The van der Waals surface area contributed by atoms with Crippen molar-refractivity contribution in [3.8, 4) is 0 Å². The van der Waals surface area contributed by atoms with Crippen LogP contribution in [0.2, 0.25) is 0 Å². The van der Waals surface area contributed by atoms with Gasteiger partial charge in [-0.15, -0.1) is 0 Å². The Kier molecular flexibility index (Phi) is 5.65. The maximum absolute atomic E-state index is 11.2. The van der Waals surface area contributed by atoms with Gasteiger partial charge < -0.3 is 4.74 Å². The molecule has 1 aliphatic rings. The third-order valence-corrected chi connectivity index (χ3v) is 6.29. The zero-order chi connectivity index (χ0) is 15.6. The molecule has 3 atom stereocenters. The van der Waals surface area contributed by atoms with Crippen LogP contribution in [0.3, 0.4) is 0 Å². The van der Waals surface area contributed by atoms with Gasteiger partial charge in [-0.05, 0) is 50.0 Å². The molecule has 1 rings (SSSR count). The quantitative estimate of drug-likeness (QED) is 0.398. The molecule has 1 aliphatic carbocycles. The molecule has 1 saturated carbocycles. The van der Waals surface area contributed by atoms with Crippen LogP contribution in [0, 0.1) is 11.3 Å². The fourth-order valence-corrected chi connectivity index (χ4v) is 3.68. The van der Waals surface area contributed by atoms with Gasteiger partial charge in [-0.1, -0.05) is 48.5 Å². The Morgan fingerprint density at radius 2 is 2.20 bits per heavy atom. The number of carbonyl (C=O) groups excluding carboxylic acids is 1. The maximum atomic E-state index is 11.2. The molecule has 0 aromatic heterocycles. The molecule has 0 amide bonds. The van der Waals surface area contributed by atoms with E-state index in [1.54, 1.807) is 6.08 Å². The van der Waals surface area contributed by atoms with Crippen LogP contribution in [-0.4, -0.2) is 16.4 Å². The number of halogens is 1. The average Bonchev–Trinajstić information content (AvgIpc) is 2.33. The highest BCUT2D eigenvalue weighted by atomic mass is 79.9. The lowest BCUT2D eigenvalue weighted by Gasteiger charge is -2.45. The Hall–Kier alpha value is -0.570. The zero-order valence-corrected chi connectivity index (χ0v) is 14.8. The van der Waals surface area contributed by atoms with Gasteiger partial charge in [0.15, 0.2) is 0 Å². The Balaban J connectivity index is 2.77. The molecule has 0 spiro atoms. The van der Waals surface area contributed by atoms with Gasteiger partial charge in [0, 0.05) is 11.8 Å². The van der Waals surface area contributed by atoms with Crippen molar-refractivity contribution >= 4 is 21.9 Å². The van der Waals surface area contributed by atoms with E-state index in [0.717, 1.165) is 25.7 Å². The van der Waals surface area contributed by atoms with Crippen LogP contribution in [0.5, 0.6) is 0 Å². The molecule has 2 nitrogen and oxygen atoms in total. The largest absolute Gasteiger partial charge is 0.455 e. The molecule has 1 fully saturated rings. The van der Waals surface area contributed by atoms with Gasteiger partial charge in [-0.25, -0.2) is 0 Å². The molecule has 0 aromatic carbocycles. The van der Waals surface area contributed by atoms with E-state index in [1.807, 2.05) is 6.92 Å². The predicted molar refractivity (Wildman–Crippen MR) is 88.0 cm³/mol. The fraction of sp³-hybridized carbons (Fsp3) is 0.706. The van der Waals surface area contributed by atoms with E-state index in [9.17, 15) is 4.79 Å². The number of carbonyl (C=O) groups is 1. The van der Waals surface area contributed by atoms with Crippen LogP contribution in [0.15, 0.2) is 24.8 Å². The van der Waals surface area contributed by atoms with Crippen LogP contribution in [0.25, 0.3) is 0 Å². The van der Waals surface area contributed by atoms with E-state index in [1.165, 1.54) is 12.5 Å². The van der Waals surface area contributed by atoms with Gasteiger partial charge in [0.1, 0.15) is 5.60 Å². The first-order valence-electron chi connectivity index (χ1n) is 7.27. The van der Waals surface area contributed by atoms with Crippen LogP contribution < -0.4 is 0 Å². The molecule has 0 saturated heterocycles. The highest BCUT2D eigenvalue weighted by molar-refractivity contribution is 9.09. The first kappa shape index (κ1) is 17.5. The second-order valence-corrected chi connectivity index (χ2v) is 7.79. The van der Waals surface area contributed by atoms with Gasteiger partial charge >= 0.3 is 5.97 Å². The van der Waals surface area contributed by atoms with Crippen LogP contribution in [-0.2, 0) is 9.53 Å². The molecule has 20 heavy (non-hydrogen) atoms. The molecular formula is C17H27BrO2. The average molecular weight is 343 g/mol. The number of hydrogen-bond donors (Lipinski definition) is 0.